The number of carbonyl (C=O) groups is 1. The normalized spacial score (nSPS) is 22.5. The van der Waals surface area contributed by atoms with Crippen molar-refractivity contribution < 1.29 is 4.79 Å². The molecular weight excluding hydrogens is 420 g/mol. The average molecular weight is 443 g/mol. The van der Waals surface area contributed by atoms with Crippen LogP contribution in [0.4, 0.5) is 5.82 Å². The Bertz CT molecular complexity index is 1260. The largest absolute Gasteiger partial charge is 0.353 e. The molecule has 2 N–H and O–H groups in total. The number of amides is 1. The van der Waals surface area contributed by atoms with Crippen molar-refractivity contribution in [1.29, 1.82) is 10.7 Å². The molecule has 1 unspecified atom stereocenters. The molecule has 2 fully saturated rings. The highest BCUT2D eigenvalue weighted by atomic mass is 32.1. The highest BCUT2D eigenvalue weighted by Crippen LogP contribution is 2.45. The van der Waals surface area contributed by atoms with Crippen molar-refractivity contribution in [1.82, 2.24) is 15.2 Å². The molecule has 0 spiro atoms. The Morgan fingerprint density at radius 1 is 1.28 bits per heavy atom. The first kappa shape index (κ1) is 20.2. The van der Waals surface area contributed by atoms with Crippen LogP contribution in [0.5, 0.6) is 0 Å². The summed E-state index contributed by atoms with van der Waals surface area (Å²) in [4.78, 5) is 22.3. The quantitative estimate of drug-likeness (QED) is 0.649. The first-order chi connectivity index (χ1) is 15.4. The van der Waals surface area contributed by atoms with Gasteiger partial charge in [-0.15, -0.1) is 11.3 Å². The Balaban J connectivity index is 1.57. The van der Waals surface area contributed by atoms with Crippen LogP contribution in [0.15, 0.2) is 54.0 Å². The van der Waals surface area contributed by atoms with Gasteiger partial charge in [-0.25, -0.2) is 4.98 Å². The number of nitrogens with one attached hydrogen (secondary N) is 2. The number of nitrogens with zero attached hydrogens (tertiary/aromatic N) is 4. The molecule has 160 valence electrons. The fourth-order valence-electron chi connectivity index (χ4n) is 4.53. The highest BCUT2D eigenvalue weighted by Gasteiger charge is 2.57. The third kappa shape index (κ3) is 3.13. The van der Waals surface area contributed by atoms with Crippen molar-refractivity contribution in [2.75, 3.05) is 25.0 Å². The van der Waals surface area contributed by atoms with Crippen molar-refractivity contribution in [2.45, 2.75) is 12.5 Å². The standard InChI is InChI=1S/C24H22N6OS/c1-15-6-7-21(27-11-15)30-12-19-22(31)29(2)23(26)28-24(19,14-30)20-9-18(13-32-20)17-5-3-4-16(8-17)10-25/h3-9,11,13,19H,12,14H2,1-2H3,(H2,26,28)/t19?,24-/m0/s1. The monoisotopic (exact) mass is 442 g/mol. The minimum atomic E-state index is -0.705. The third-order valence-corrected chi connectivity index (χ3v) is 7.44. The molecule has 3 aromatic rings. The van der Waals surface area contributed by atoms with Crippen LogP contribution in [-0.2, 0) is 10.3 Å². The van der Waals surface area contributed by atoms with Gasteiger partial charge in [-0.2, -0.15) is 5.26 Å². The number of nitriles is 1. The van der Waals surface area contributed by atoms with E-state index in [4.69, 9.17) is 5.41 Å². The summed E-state index contributed by atoms with van der Waals surface area (Å²) in [5.41, 5.74) is 2.95. The van der Waals surface area contributed by atoms with E-state index in [9.17, 15) is 10.1 Å². The topological polar surface area (TPSA) is 96.1 Å². The average Bonchev–Trinajstić information content (AvgIpc) is 3.45. The molecule has 2 saturated heterocycles. The summed E-state index contributed by atoms with van der Waals surface area (Å²) < 4.78 is 0. The Morgan fingerprint density at radius 3 is 2.88 bits per heavy atom. The molecule has 1 amide bonds. The van der Waals surface area contributed by atoms with Crippen molar-refractivity contribution >= 4 is 29.0 Å². The van der Waals surface area contributed by atoms with E-state index in [0.29, 0.717) is 18.7 Å². The lowest BCUT2D eigenvalue weighted by molar-refractivity contribution is -0.133. The second-order valence-electron chi connectivity index (χ2n) is 8.36. The molecule has 0 saturated carbocycles. The number of thiophene rings is 1. The number of rotatable bonds is 3. The molecular formula is C24H22N6OS. The number of hydrogen-bond donors (Lipinski definition) is 2. The SMILES string of the molecule is Cc1ccc(N2CC3C(=O)N(C)C(=N)N[C@@]3(c3cc(-c4cccc(C#N)c4)cs3)C2)nc1. The number of aromatic nitrogens is 1. The van der Waals surface area contributed by atoms with Gasteiger partial charge in [-0.3, -0.25) is 15.1 Å². The van der Waals surface area contributed by atoms with E-state index in [1.54, 1.807) is 24.5 Å². The number of fused-ring (bicyclic) bond motifs is 1. The molecule has 32 heavy (non-hydrogen) atoms. The Kier molecular flexibility index (Phi) is 4.72. The zero-order chi connectivity index (χ0) is 22.5. The zero-order valence-corrected chi connectivity index (χ0v) is 18.6. The van der Waals surface area contributed by atoms with Crippen molar-refractivity contribution in [3.63, 3.8) is 0 Å². The van der Waals surface area contributed by atoms with Gasteiger partial charge in [0.15, 0.2) is 5.96 Å². The Hall–Kier alpha value is -3.70. The second kappa shape index (κ2) is 7.46. The van der Waals surface area contributed by atoms with Gasteiger partial charge >= 0.3 is 0 Å². The molecule has 0 bridgehead atoms. The highest BCUT2D eigenvalue weighted by molar-refractivity contribution is 7.10. The Morgan fingerprint density at radius 2 is 2.12 bits per heavy atom. The van der Waals surface area contributed by atoms with Crippen molar-refractivity contribution in [3.05, 3.63) is 70.0 Å². The molecule has 1 aromatic carbocycles. The van der Waals surface area contributed by atoms with Gasteiger partial charge in [0.25, 0.3) is 0 Å². The molecule has 2 aromatic heterocycles. The summed E-state index contributed by atoms with van der Waals surface area (Å²) in [5, 5.41) is 23.1. The van der Waals surface area contributed by atoms with Crippen LogP contribution >= 0.6 is 11.3 Å². The van der Waals surface area contributed by atoms with Crippen LogP contribution in [0.1, 0.15) is 16.0 Å². The number of aryl methyl sites for hydroxylation is 1. The fraction of sp³-hybridized carbons (Fsp3) is 0.250. The number of anilines is 1. The van der Waals surface area contributed by atoms with E-state index in [1.807, 2.05) is 43.5 Å². The molecule has 2 aliphatic rings. The number of hydrogen-bond acceptors (Lipinski definition) is 6. The number of pyridine rings is 1. The number of guanidine groups is 1. The van der Waals surface area contributed by atoms with Crippen LogP contribution in [0.2, 0.25) is 0 Å². The lowest BCUT2D eigenvalue weighted by atomic mass is 9.82. The van der Waals surface area contributed by atoms with Gasteiger partial charge in [-0.05, 0) is 53.3 Å². The van der Waals surface area contributed by atoms with Gasteiger partial charge < -0.3 is 10.2 Å². The van der Waals surface area contributed by atoms with E-state index >= 15 is 0 Å². The molecule has 0 aliphatic carbocycles. The first-order valence-corrected chi connectivity index (χ1v) is 11.2. The van der Waals surface area contributed by atoms with E-state index in [2.05, 4.69) is 32.7 Å². The van der Waals surface area contributed by atoms with Gasteiger partial charge in [-0.1, -0.05) is 18.2 Å². The number of benzene rings is 1. The van der Waals surface area contributed by atoms with Crippen LogP contribution < -0.4 is 10.2 Å². The van der Waals surface area contributed by atoms with Gasteiger partial charge in [0.2, 0.25) is 5.91 Å². The first-order valence-electron chi connectivity index (χ1n) is 10.3. The van der Waals surface area contributed by atoms with E-state index in [1.165, 1.54) is 4.90 Å². The molecule has 7 nitrogen and oxygen atoms in total. The Labute approximate surface area is 190 Å². The summed E-state index contributed by atoms with van der Waals surface area (Å²) in [6.45, 7) is 3.06. The fourth-order valence-corrected chi connectivity index (χ4v) is 5.65. The molecule has 2 aliphatic heterocycles. The summed E-state index contributed by atoms with van der Waals surface area (Å²) in [6.07, 6.45) is 1.83. The van der Waals surface area contributed by atoms with Crippen LogP contribution in [0.3, 0.4) is 0 Å². The minimum Gasteiger partial charge on any atom is -0.353 e. The second-order valence-corrected chi connectivity index (χ2v) is 9.27. The lowest BCUT2D eigenvalue weighted by Crippen LogP contribution is -2.64. The molecule has 5 rings (SSSR count). The molecule has 2 atom stereocenters. The lowest BCUT2D eigenvalue weighted by Gasteiger charge is -2.42. The van der Waals surface area contributed by atoms with Crippen LogP contribution in [0, 0.1) is 29.6 Å². The van der Waals surface area contributed by atoms with Crippen molar-refractivity contribution in [2.24, 2.45) is 5.92 Å². The van der Waals surface area contributed by atoms with Gasteiger partial charge in [0.1, 0.15) is 11.4 Å². The third-order valence-electron chi connectivity index (χ3n) is 6.33. The maximum atomic E-state index is 13.3. The molecule has 4 heterocycles. The summed E-state index contributed by atoms with van der Waals surface area (Å²) in [5.74, 6) is 0.518. The van der Waals surface area contributed by atoms with Crippen LogP contribution in [0.25, 0.3) is 11.1 Å². The van der Waals surface area contributed by atoms with Gasteiger partial charge in [0.05, 0.1) is 17.6 Å². The van der Waals surface area contributed by atoms with E-state index in [-0.39, 0.29) is 17.8 Å². The number of carbonyl (C=O) groups excluding carboxylic acids is 1. The summed E-state index contributed by atoms with van der Waals surface area (Å²) in [7, 11) is 1.64. The van der Waals surface area contributed by atoms with E-state index in [0.717, 1.165) is 27.4 Å². The predicted molar refractivity (Wildman–Crippen MR) is 124 cm³/mol. The van der Waals surface area contributed by atoms with E-state index < -0.39 is 5.54 Å². The van der Waals surface area contributed by atoms with Gasteiger partial charge in [0, 0.05) is 31.2 Å². The maximum Gasteiger partial charge on any atom is 0.236 e. The minimum absolute atomic E-state index is 0.0650. The van der Waals surface area contributed by atoms with Crippen molar-refractivity contribution in [3.8, 4) is 17.2 Å². The molecule has 8 heteroatoms. The molecule has 0 radical (unpaired) electrons. The summed E-state index contributed by atoms with van der Waals surface area (Å²) in [6, 6.07) is 15.8. The zero-order valence-electron chi connectivity index (χ0n) is 17.8. The predicted octanol–water partition coefficient (Wildman–Crippen LogP) is 3.32. The smallest absolute Gasteiger partial charge is 0.236 e. The van der Waals surface area contributed by atoms with Crippen LogP contribution in [-0.4, -0.2) is 41.9 Å². The summed E-state index contributed by atoms with van der Waals surface area (Å²) >= 11 is 1.58. The maximum absolute atomic E-state index is 13.3.